The molecule has 21 heavy (non-hydrogen) atoms. The first-order valence-corrected chi connectivity index (χ1v) is 9.00. The van der Waals surface area contributed by atoms with E-state index in [2.05, 4.69) is 10.3 Å². The highest BCUT2D eigenvalue weighted by molar-refractivity contribution is 8.06. The fourth-order valence-corrected chi connectivity index (χ4v) is 4.92. The second-order valence-corrected chi connectivity index (χ2v) is 7.38. The smallest absolute Gasteiger partial charge is 0.354 e. The molecule has 1 saturated heterocycles. The number of para-hydroxylation sites is 1. The van der Waals surface area contributed by atoms with Crippen molar-refractivity contribution in [1.29, 1.82) is 0 Å². The number of nitrogens with zero attached hydrogens (tertiary/aromatic N) is 1. The summed E-state index contributed by atoms with van der Waals surface area (Å²) >= 11 is 3.97. The van der Waals surface area contributed by atoms with E-state index in [1.807, 2.05) is 47.8 Å². The van der Waals surface area contributed by atoms with Gasteiger partial charge < -0.3 is 10.4 Å². The molecule has 4 nitrogen and oxygen atoms in total. The predicted octanol–water partition coefficient (Wildman–Crippen LogP) is 3.19. The summed E-state index contributed by atoms with van der Waals surface area (Å²) in [5.74, 6) is 2.56. The molecule has 0 amide bonds. The summed E-state index contributed by atoms with van der Waals surface area (Å²) in [6, 6.07) is 9.27. The highest BCUT2D eigenvalue weighted by atomic mass is 32.2. The summed E-state index contributed by atoms with van der Waals surface area (Å²) in [4.78, 5) is 15.4. The fraction of sp³-hybridized carbons (Fsp3) is 0.333. The van der Waals surface area contributed by atoms with Gasteiger partial charge in [-0.3, -0.25) is 0 Å². The lowest BCUT2D eigenvalue weighted by atomic mass is 10.1. The van der Waals surface area contributed by atoms with Crippen molar-refractivity contribution >= 4 is 46.1 Å². The largest absolute Gasteiger partial charge is 0.477 e. The van der Waals surface area contributed by atoms with Crippen molar-refractivity contribution in [1.82, 2.24) is 4.98 Å². The number of aromatic nitrogens is 1. The molecule has 1 fully saturated rings. The maximum absolute atomic E-state index is 11.2. The lowest BCUT2D eigenvalue weighted by Crippen LogP contribution is -2.23. The van der Waals surface area contributed by atoms with Crippen molar-refractivity contribution in [2.24, 2.45) is 0 Å². The standard InChI is InChI=1S/C15H16N2O2S2/c18-15(19)14-7-13(11-3-1-2-4-12(11)17-14)16-8-10-9-20-5-6-21-10/h1-4,7,10H,5-6,8-9H2,(H,16,17)(H,18,19). The minimum Gasteiger partial charge on any atom is -0.477 e. The topological polar surface area (TPSA) is 62.2 Å². The molecule has 0 bridgehead atoms. The first-order chi connectivity index (χ1) is 10.2. The number of thioether (sulfide) groups is 2. The number of carbonyl (C=O) groups is 1. The van der Waals surface area contributed by atoms with Crippen LogP contribution in [0, 0.1) is 0 Å². The van der Waals surface area contributed by atoms with Gasteiger partial charge in [-0.1, -0.05) is 18.2 Å². The van der Waals surface area contributed by atoms with Gasteiger partial charge in [0.25, 0.3) is 0 Å². The van der Waals surface area contributed by atoms with Crippen molar-refractivity contribution in [2.75, 3.05) is 29.1 Å². The summed E-state index contributed by atoms with van der Waals surface area (Å²) < 4.78 is 0. The molecule has 3 rings (SSSR count). The molecule has 1 aliphatic rings. The van der Waals surface area contributed by atoms with Crippen molar-refractivity contribution in [3.8, 4) is 0 Å². The maximum Gasteiger partial charge on any atom is 0.354 e. The van der Waals surface area contributed by atoms with Crippen molar-refractivity contribution in [3.63, 3.8) is 0 Å². The van der Waals surface area contributed by atoms with E-state index in [9.17, 15) is 9.90 Å². The Morgan fingerprint density at radius 1 is 1.38 bits per heavy atom. The molecule has 6 heteroatoms. The van der Waals surface area contributed by atoms with Crippen molar-refractivity contribution in [2.45, 2.75) is 5.25 Å². The third-order valence-electron chi connectivity index (χ3n) is 3.34. The lowest BCUT2D eigenvalue weighted by Gasteiger charge is -2.22. The van der Waals surface area contributed by atoms with Gasteiger partial charge in [0.05, 0.1) is 5.52 Å². The fourth-order valence-electron chi connectivity index (χ4n) is 2.31. The Balaban J connectivity index is 1.86. The Morgan fingerprint density at radius 2 is 2.24 bits per heavy atom. The molecule has 110 valence electrons. The third-order valence-corrected chi connectivity index (χ3v) is 6.19. The van der Waals surface area contributed by atoms with Gasteiger partial charge in [0.1, 0.15) is 0 Å². The molecule has 0 aliphatic carbocycles. The summed E-state index contributed by atoms with van der Waals surface area (Å²) in [7, 11) is 0. The Bertz CT molecular complexity index is 657. The minimum atomic E-state index is -0.994. The number of benzene rings is 1. The molecule has 1 atom stereocenters. The second kappa shape index (κ2) is 6.58. The molecule has 1 aromatic carbocycles. The van der Waals surface area contributed by atoms with Gasteiger partial charge in [-0.2, -0.15) is 23.5 Å². The number of anilines is 1. The van der Waals surface area contributed by atoms with Crippen LogP contribution in [0.5, 0.6) is 0 Å². The number of aromatic carboxylic acids is 1. The zero-order valence-corrected chi connectivity index (χ0v) is 13.0. The lowest BCUT2D eigenvalue weighted by molar-refractivity contribution is 0.0691. The number of nitrogens with one attached hydrogen (secondary N) is 1. The van der Waals surface area contributed by atoms with Crippen LogP contribution < -0.4 is 5.32 Å². The van der Waals surface area contributed by atoms with Crippen molar-refractivity contribution < 1.29 is 9.90 Å². The number of carboxylic acid groups (broad SMARTS) is 1. The van der Waals surface area contributed by atoms with Crippen LogP contribution in [0.3, 0.4) is 0 Å². The van der Waals surface area contributed by atoms with E-state index in [0.717, 1.165) is 23.4 Å². The molecule has 1 unspecified atom stereocenters. The molecule has 0 radical (unpaired) electrons. The average Bonchev–Trinajstić information content (AvgIpc) is 2.53. The first kappa shape index (κ1) is 14.5. The number of carboxylic acids is 1. The first-order valence-electron chi connectivity index (χ1n) is 6.80. The number of hydrogen-bond donors (Lipinski definition) is 2. The summed E-state index contributed by atoms with van der Waals surface area (Å²) in [6.45, 7) is 0.852. The van der Waals surface area contributed by atoms with Crippen molar-refractivity contribution in [3.05, 3.63) is 36.0 Å². The van der Waals surface area contributed by atoms with Gasteiger partial charge in [0.15, 0.2) is 5.69 Å². The van der Waals surface area contributed by atoms with Gasteiger partial charge in [-0.05, 0) is 12.1 Å². The number of rotatable bonds is 4. The molecule has 1 aromatic heterocycles. The molecule has 0 spiro atoms. The molecular weight excluding hydrogens is 304 g/mol. The maximum atomic E-state index is 11.2. The van der Waals surface area contributed by atoms with E-state index in [1.54, 1.807) is 6.07 Å². The summed E-state index contributed by atoms with van der Waals surface area (Å²) in [5, 5.41) is 14.1. The summed E-state index contributed by atoms with van der Waals surface area (Å²) in [5.41, 5.74) is 1.65. The zero-order valence-electron chi connectivity index (χ0n) is 11.4. The Kier molecular flexibility index (Phi) is 4.55. The monoisotopic (exact) mass is 320 g/mol. The van der Waals surface area contributed by atoms with Crippen LogP contribution in [0.15, 0.2) is 30.3 Å². The van der Waals surface area contributed by atoms with Crippen LogP contribution in [0.2, 0.25) is 0 Å². The van der Waals surface area contributed by atoms with E-state index in [-0.39, 0.29) is 5.69 Å². The van der Waals surface area contributed by atoms with Gasteiger partial charge in [0, 0.05) is 40.1 Å². The molecule has 2 heterocycles. The van der Waals surface area contributed by atoms with Crippen LogP contribution in [-0.2, 0) is 0 Å². The van der Waals surface area contributed by atoms with E-state index in [0.29, 0.717) is 10.8 Å². The quantitative estimate of drug-likeness (QED) is 0.902. The van der Waals surface area contributed by atoms with Crippen LogP contribution in [-0.4, -0.2) is 45.1 Å². The molecule has 1 aliphatic heterocycles. The van der Waals surface area contributed by atoms with Gasteiger partial charge in [-0.25, -0.2) is 9.78 Å². The number of fused-ring (bicyclic) bond motifs is 1. The zero-order chi connectivity index (χ0) is 14.7. The highest BCUT2D eigenvalue weighted by Crippen LogP contribution is 2.27. The minimum absolute atomic E-state index is 0.0851. The average molecular weight is 320 g/mol. The SMILES string of the molecule is O=C(O)c1cc(NCC2CSCCS2)c2ccccc2n1. The molecule has 2 N–H and O–H groups in total. The molecular formula is C15H16N2O2S2. The number of hydrogen-bond acceptors (Lipinski definition) is 5. The Hall–Kier alpha value is -1.40. The van der Waals surface area contributed by atoms with E-state index < -0.39 is 5.97 Å². The summed E-state index contributed by atoms with van der Waals surface area (Å²) in [6.07, 6.45) is 0. The van der Waals surface area contributed by atoms with Crippen LogP contribution in [0.1, 0.15) is 10.5 Å². The molecule has 2 aromatic rings. The van der Waals surface area contributed by atoms with Crippen LogP contribution >= 0.6 is 23.5 Å². The molecule has 0 saturated carbocycles. The normalized spacial score (nSPS) is 18.6. The highest BCUT2D eigenvalue weighted by Gasteiger charge is 2.15. The Morgan fingerprint density at radius 3 is 3.00 bits per heavy atom. The van der Waals surface area contributed by atoms with Crippen LogP contribution in [0.4, 0.5) is 5.69 Å². The van der Waals surface area contributed by atoms with Gasteiger partial charge in [0.2, 0.25) is 0 Å². The van der Waals surface area contributed by atoms with E-state index >= 15 is 0 Å². The predicted molar refractivity (Wildman–Crippen MR) is 90.8 cm³/mol. The van der Waals surface area contributed by atoms with E-state index in [1.165, 1.54) is 11.5 Å². The number of pyridine rings is 1. The van der Waals surface area contributed by atoms with Crippen LogP contribution in [0.25, 0.3) is 10.9 Å². The van der Waals surface area contributed by atoms with Gasteiger partial charge >= 0.3 is 5.97 Å². The second-order valence-electron chi connectivity index (χ2n) is 4.83. The van der Waals surface area contributed by atoms with Gasteiger partial charge in [-0.15, -0.1) is 0 Å². The Labute approximate surface area is 131 Å². The third kappa shape index (κ3) is 3.44. The van der Waals surface area contributed by atoms with E-state index in [4.69, 9.17) is 0 Å².